The van der Waals surface area contributed by atoms with Gasteiger partial charge in [-0.3, -0.25) is 9.78 Å². The molecule has 0 bridgehead atoms. The van der Waals surface area contributed by atoms with E-state index in [1.54, 1.807) is 19.1 Å². The number of aryl methyl sites for hydroxylation is 1. The number of ether oxygens (including phenoxy) is 1. The second kappa shape index (κ2) is 8.03. The number of para-hydroxylation sites is 1. The van der Waals surface area contributed by atoms with Gasteiger partial charge in [0.25, 0.3) is 5.56 Å². The molecule has 5 rings (SSSR count). The largest absolute Gasteiger partial charge is 0.462 e. The van der Waals surface area contributed by atoms with Crippen LogP contribution < -0.4 is 21.0 Å². The maximum Gasteiger partial charge on any atom is 0.338 e. The molecule has 2 aliphatic rings. The Morgan fingerprint density at radius 3 is 2.62 bits per heavy atom. The summed E-state index contributed by atoms with van der Waals surface area (Å²) in [5, 5.41) is 0. The molecule has 0 saturated carbocycles. The number of aromatic amines is 2. The van der Waals surface area contributed by atoms with E-state index in [-0.39, 0.29) is 23.6 Å². The number of benzene rings is 2. The third-order valence-corrected chi connectivity index (χ3v) is 6.29. The van der Waals surface area contributed by atoms with Gasteiger partial charge in [-0.2, -0.15) is 0 Å². The lowest BCUT2D eigenvalue weighted by Gasteiger charge is -2.34. The van der Waals surface area contributed by atoms with Gasteiger partial charge in [0.05, 0.1) is 36.5 Å². The molecule has 2 unspecified atom stereocenters. The molecule has 3 heterocycles. The summed E-state index contributed by atoms with van der Waals surface area (Å²) in [5.41, 5.74) is 3.45. The van der Waals surface area contributed by atoms with Crippen LogP contribution in [-0.2, 0) is 11.2 Å². The Morgan fingerprint density at radius 1 is 1.09 bits per heavy atom. The molecule has 0 amide bonds. The quantitative estimate of drug-likeness (QED) is 0.615. The van der Waals surface area contributed by atoms with Crippen LogP contribution in [0.3, 0.4) is 0 Å². The minimum absolute atomic E-state index is 0.0710. The molecule has 0 aliphatic carbocycles. The zero-order valence-corrected chi connectivity index (χ0v) is 17.7. The van der Waals surface area contributed by atoms with Gasteiger partial charge in [0.2, 0.25) is 0 Å². The lowest BCUT2D eigenvalue weighted by Crippen LogP contribution is -2.38. The number of carbonyl (C=O) groups is 1. The van der Waals surface area contributed by atoms with Crippen molar-refractivity contribution >= 4 is 17.3 Å². The van der Waals surface area contributed by atoms with Crippen molar-refractivity contribution in [3.63, 3.8) is 0 Å². The molecule has 1 saturated heterocycles. The molecule has 8 heteroatoms. The average molecular weight is 432 g/mol. The number of hydrogen-bond acceptors (Lipinski definition) is 6. The van der Waals surface area contributed by atoms with Crippen molar-refractivity contribution in [3.05, 3.63) is 92.3 Å². The van der Waals surface area contributed by atoms with E-state index in [2.05, 4.69) is 31.9 Å². The van der Waals surface area contributed by atoms with Gasteiger partial charge in [-0.25, -0.2) is 9.59 Å². The van der Waals surface area contributed by atoms with Gasteiger partial charge < -0.3 is 19.5 Å². The van der Waals surface area contributed by atoms with Crippen LogP contribution in [0.15, 0.2) is 64.3 Å². The van der Waals surface area contributed by atoms with E-state index in [0.717, 1.165) is 18.5 Å². The zero-order chi connectivity index (χ0) is 22.2. The summed E-state index contributed by atoms with van der Waals surface area (Å²) in [4.78, 5) is 45.9. The Labute approximate surface area is 184 Å². The maximum absolute atomic E-state index is 12.8. The summed E-state index contributed by atoms with van der Waals surface area (Å²) >= 11 is 0. The second-order valence-electron chi connectivity index (χ2n) is 8.06. The number of fused-ring (bicyclic) bond motifs is 3. The number of anilines is 2. The van der Waals surface area contributed by atoms with E-state index < -0.39 is 5.69 Å². The molecule has 3 aromatic rings. The predicted molar refractivity (Wildman–Crippen MR) is 121 cm³/mol. The summed E-state index contributed by atoms with van der Waals surface area (Å²) in [6, 6.07) is 15.4. The smallest absolute Gasteiger partial charge is 0.338 e. The number of carbonyl (C=O) groups excluding carboxylic acids is 1. The molecule has 2 N–H and O–H groups in total. The Kier molecular flexibility index (Phi) is 5.05. The third-order valence-electron chi connectivity index (χ3n) is 6.29. The van der Waals surface area contributed by atoms with Crippen LogP contribution >= 0.6 is 0 Å². The monoisotopic (exact) mass is 432 g/mol. The number of esters is 1. The molecule has 1 aromatic heterocycles. The summed E-state index contributed by atoms with van der Waals surface area (Å²) in [5.74, 6) is -0.361. The van der Waals surface area contributed by atoms with Gasteiger partial charge in [0.1, 0.15) is 0 Å². The Balaban J connectivity index is 1.57. The highest BCUT2D eigenvalue weighted by Crippen LogP contribution is 2.44. The highest BCUT2D eigenvalue weighted by molar-refractivity contribution is 5.89. The third kappa shape index (κ3) is 3.37. The first-order valence-electron chi connectivity index (χ1n) is 10.8. The van der Waals surface area contributed by atoms with Gasteiger partial charge in [-0.15, -0.1) is 0 Å². The van der Waals surface area contributed by atoms with Crippen LogP contribution in [0.4, 0.5) is 11.4 Å². The molecule has 164 valence electrons. The highest BCUT2D eigenvalue weighted by Gasteiger charge is 2.44. The van der Waals surface area contributed by atoms with Crippen molar-refractivity contribution in [2.24, 2.45) is 0 Å². The molecular formula is C24H24N4O4. The number of aromatic nitrogens is 2. The van der Waals surface area contributed by atoms with Crippen molar-refractivity contribution in [1.82, 2.24) is 9.97 Å². The van der Waals surface area contributed by atoms with Gasteiger partial charge in [-0.05, 0) is 55.7 Å². The fourth-order valence-electron chi connectivity index (χ4n) is 4.87. The van der Waals surface area contributed by atoms with Gasteiger partial charge in [0, 0.05) is 17.6 Å². The van der Waals surface area contributed by atoms with E-state index in [9.17, 15) is 14.4 Å². The molecule has 0 radical (unpaired) electrons. The Hall–Kier alpha value is -3.81. The van der Waals surface area contributed by atoms with Crippen LogP contribution in [0, 0.1) is 0 Å². The summed E-state index contributed by atoms with van der Waals surface area (Å²) in [7, 11) is 0. The summed E-state index contributed by atoms with van der Waals surface area (Å²) < 4.78 is 5.09. The molecular weight excluding hydrogens is 408 g/mol. The number of nitrogens with zero attached hydrogens (tertiary/aromatic N) is 2. The van der Waals surface area contributed by atoms with E-state index in [1.807, 2.05) is 24.3 Å². The Morgan fingerprint density at radius 2 is 1.88 bits per heavy atom. The fourth-order valence-corrected chi connectivity index (χ4v) is 4.87. The lowest BCUT2D eigenvalue weighted by molar-refractivity contribution is 0.0526. The van der Waals surface area contributed by atoms with Gasteiger partial charge in [0.15, 0.2) is 0 Å². The molecule has 8 nitrogen and oxygen atoms in total. The van der Waals surface area contributed by atoms with Gasteiger partial charge in [-0.1, -0.05) is 18.2 Å². The molecule has 2 aromatic carbocycles. The highest BCUT2D eigenvalue weighted by atomic mass is 16.5. The van der Waals surface area contributed by atoms with Crippen molar-refractivity contribution in [1.29, 1.82) is 0 Å². The number of H-pyrrole nitrogens is 2. The van der Waals surface area contributed by atoms with E-state index >= 15 is 0 Å². The average Bonchev–Trinajstić information content (AvgIpc) is 3.19. The van der Waals surface area contributed by atoms with Crippen LogP contribution in [-0.4, -0.2) is 35.3 Å². The minimum Gasteiger partial charge on any atom is -0.462 e. The molecule has 2 aliphatic heterocycles. The van der Waals surface area contributed by atoms with E-state index in [0.29, 0.717) is 24.4 Å². The summed E-state index contributed by atoms with van der Waals surface area (Å²) in [6.07, 6.45) is 3.33. The van der Waals surface area contributed by atoms with Gasteiger partial charge >= 0.3 is 11.7 Å². The second-order valence-corrected chi connectivity index (χ2v) is 8.06. The number of rotatable bonds is 4. The van der Waals surface area contributed by atoms with Crippen LogP contribution in [0.5, 0.6) is 0 Å². The predicted octanol–water partition coefficient (Wildman–Crippen LogP) is 2.58. The molecule has 32 heavy (non-hydrogen) atoms. The maximum atomic E-state index is 12.8. The first-order valence-corrected chi connectivity index (χ1v) is 10.8. The van der Waals surface area contributed by atoms with Crippen molar-refractivity contribution in [3.8, 4) is 0 Å². The first kappa shape index (κ1) is 20.1. The van der Waals surface area contributed by atoms with Crippen molar-refractivity contribution in [2.75, 3.05) is 23.1 Å². The van der Waals surface area contributed by atoms with Crippen LogP contribution in [0.2, 0.25) is 0 Å². The summed E-state index contributed by atoms with van der Waals surface area (Å²) in [6.45, 7) is 2.68. The number of hydrogen-bond donors (Lipinski definition) is 2. The van der Waals surface area contributed by atoms with Crippen LogP contribution in [0.25, 0.3) is 0 Å². The minimum atomic E-state index is -0.520. The van der Waals surface area contributed by atoms with Crippen molar-refractivity contribution in [2.45, 2.75) is 31.8 Å². The normalized spacial score (nSPS) is 19.4. The van der Waals surface area contributed by atoms with E-state index in [1.165, 1.54) is 17.4 Å². The Bertz CT molecular complexity index is 1260. The SMILES string of the molecule is CCOC(=O)c1ccc(N2CN3c4ccccc4CCC3C2c2c[nH]c(=O)[nH]c2=O)cc1. The lowest BCUT2D eigenvalue weighted by atomic mass is 9.90. The standard InChI is InChI=1S/C24H24N4O4/c1-2-32-23(30)16-7-10-17(11-8-16)27-14-28-19-6-4-3-5-15(19)9-12-20(28)21(27)18-13-25-24(31)26-22(18)29/h3-8,10-11,13,20-21H,2,9,12,14H2,1H3,(H2,25,26,29,31). The first-order chi connectivity index (χ1) is 15.6. The molecule has 0 spiro atoms. The number of nitrogens with one attached hydrogen (secondary N) is 2. The molecule has 1 fully saturated rings. The topological polar surface area (TPSA) is 98.5 Å². The molecule has 2 atom stereocenters. The van der Waals surface area contributed by atoms with E-state index in [4.69, 9.17) is 4.74 Å². The van der Waals surface area contributed by atoms with Crippen LogP contribution in [0.1, 0.15) is 40.9 Å². The zero-order valence-electron chi connectivity index (χ0n) is 17.7. The fraction of sp³-hybridized carbons (Fsp3) is 0.292. The van der Waals surface area contributed by atoms with Crippen molar-refractivity contribution < 1.29 is 9.53 Å².